The highest BCUT2D eigenvalue weighted by Crippen LogP contribution is 2.51. The summed E-state index contributed by atoms with van der Waals surface area (Å²) in [5, 5.41) is 3.56. The maximum Gasteiger partial charge on any atom is 0.335 e. The summed E-state index contributed by atoms with van der Waals surface area (Å²) in [6.45, 7) is 4.14. The summed E-state index contributed by atoms with van der Waals surface area (Å²) >= 11 is 6.12. The molecule has 0 saturated carbocycles. The standard InChI is InChI=1S/C31H32ClN4O5P/c1-3-39-42(38,40-4-2)20-22-9-7-10-25(19-22)34-29(37)14-8-13-28-30(23-15-17-24(32)18-16-23)35-31(41-28)36-21-33-26-11-5-6-12-27(26)36/h5-7,9-12,15-19,21H,3-4,8,13-14,20H2,1-2H3,(H,34,37). The summed E-state index contributed by atoms with van der Waals surface area (Å²) in [6.07, 6.45) is 3.12. The number of benzene rings is 3. The lowest BCUT2D eigenvalue weighted by atomic mass is 10.1. The van der Waals surface area contributed by atoms with Gasteiger partial charge in [-0.15, -0.1) is 0 Å². The molecule has 0 unspecified atom stereocenters. The van der Waals surface area contributed by atoms with Crippen LogP contribution in [-0.2, 0) is 31.0 Å². The van der Waals surface area contributed by atoms with Crippen LogP contribution in [0.4, 0.5) is 5.69 Å². The van der Waals surface area contributed by atoms with Crippen molar-refractivity contribution >= 4 is 41.8 Å². The van der Waals surface area contributed by atoms with Crippen LogP contribution in [0.3, 0.4) is 0 Å². The van der Waals surface area contributed by atoms with Gasteiger partial charge in [0.25, 0.3) is 0 Å². The number of anilines is 1. The Morgan fingerprint density at radius 3 is 2.55 bits per heavy atom. The molecule has 3 aromatic carbocycles. The first-order valence-corrected chi connectivity index (χ1v) is 15.9. The van der Waals surface area contributed by atoms with Crippen molar-refractivity contribution in [2.24, 2.45) is 0 Å². The van der Waals surface area contributed by atoms with Crippen LogP contribution in [0, 0.1) is 0 Å². The van der Waals surface area contributed by atoms with Gasteiger partial charge in [-0.05, 0) is 62.2 Å². The Morgan fingerprint density at radius 1 is 1.02 bits per heavy atom. The number of nitrogens with one attached hydrogen (secondary N) is 1. The molecule has 5 aromatic rings. The van der Waals surface area contributed by atoms with Gasteiger partial charge < -0.3 is 18.8 Å². The topological polar surface area (TPSA) is 108 Å². The smallest absolute Gasteiger partial charge is 0.335 e. The molecule has 0 radical (unpaired) electrons. The molecule has 218 valence electrons. The molecule has 1 amide bonds. The van der Waals surface area contributed by atoms with Gasteiger partial charge in [-0.1, -0.05) is 48.0 Å². The predicted octanol–water partition coefficient (Wildman–Crippen LogP) is 8.06. The number of hydrogen-bond donors (Lipinski definition) is 1. The van der Waals surface area contributed by atoms with Gasteiger partial charge in [0.1, 0.15) is 17.8 Å². The SMILES string of the molecule is CCOP(=O)(Cc1cccc(NC(=O)CCCc2oc(-n3cnc4ccccc43)nc2-c2ccc(Cl)cc2)c1)OCC. The van der Waals surface area contributed by atoms with E-state index in [0.717, 1.165) is 22.2 Å². The van der Waals surface area contributed by atoms with Crippen LogP contribution >= 0.6 is 19.2 Å². The van der Waals surface area contributed by atoms with Crippen LogP contribution in [-0.4, -0.2) is 33.7 Å². The van der Waals surface area contributed by atoms with Crippen molar-refractivity contribution in [2.45, 2.75) is 39.3 Å². The summed E-state index contributed by atoms with van der Waals surface area (Å²) in [5.41, 5.74) is 4.66. The molecule has 2 aromatic heterocycles. The summed E-state index contributed by atoms with van der Waals surface area (Å²) in [4.78, 5) is 22.1. The lowest BCUT2D eigenvalue weighted by Crippen LogP contribution is -2.11. The van der Waals surface area contributed by atoms with Crippen LogP contribution in [0.1, 0.15) is 38.0 Å². The van der Waals surface area contributed by atoms with Gasteiger partial charge in [0.15, 0.2) is 0 Å². The van der Waals surface area contributed by atoms with Gasteiger partial charge in [0, 0.05) is 29.1 Å². The molecule has 11 heteroatoms. The van der Waals surface area contributed by atoms with Crippen molar-refractivity contribution in [2.75, 3.05) is 18.5 Å². The van der Waals surface area contributed by atoms with Crippen molar-refractivity contribution in [3.8, 4) is 17.3 Å². The molecule has 0 spiro atoms. The third kappa shape index (κ3) is 7.17. The molecular formula is C31H32ClN4O5P. The summed E-state index contributed by atoms with van der Waals surface area (Å²) in [6, 6.07) is 22.8. The summed E-state index contributed by atoms with van der Waals surface area (Å²) in [5.74, 6) is 0.529. The molecule has 0 aliphatic heterocycles. The molecule has 0 aliphatic carbocycles. The zero-order valence-electron chi connectivity index (χ0n) is 23.5. The van der Waals surface area contributed by atoms with E-state index in [1.54, 1.807) is 38.4 Å². The van der Waals surface area contributed by atoms with Gasteiger partial charge >= 0.3 is 13.6 Å². The number of amides is 1. The van der Waals surface area contributed by atoms with E-state index in [4.69, 9.17) is 30.0 Å². The number of carbonyl (C=O) groups is 1. The zero-order chi connectivity index (χ0) is 29.5. The number of aromatic nitrogens is 3. The molecule has 0 bridgehead atoms. The number of para-hydroxylation sites is 2. The number of oxazole rings is 1. The molecule has 0 saturated heterocycles. The highest BCUT2D eigenvalue weighted by atomic mass is 35.5. The average molecular weight is 607 g/mol. The molecule has 9 nitrogen and oxygen atoms in total. The molecule has 0 fully saturated rings. The zero-order valence-corrected chi connectivity index (χ0v) is 25.1. The Kier molecular flexibility index (Phi) is 9.55. The Balaban J connectivity index is 1.28. The fourth-order valence-corrected chi connectivity index (χ4v) is 6.50. The summed E-state index contributed by atoms with van der Waals surface area (Å²) < 4.78 is 31.8. The van der Waals surface area contributed by atoms with E-state index in [-0.39, 0.29) is 18.5 Å². The van der Waals surface area contributed by atoms with Gasteiger partial charge in [-0.2, -0.15) is 4.98 Å². The first-order valence-electron chi connectivity index (χ1n) is 13.8. The van der Waals surface area contributed by atoms with Gasteiger partial charge in [0.05, 0.1) is 30.4 Å². The Morgan fingerprint density at radius 2 is 1.79 bits per heavy atom. The molecular weight excluding hydrogens is 575 g/mol. The van der Waals surface area contributed by atoms with Crippen molar-refractivity contribution < 1.29 is 22.8 Å². The van der Waals surface area contributed by atoms with E-state index in [2.05, 4.69) is 10.3 Å². The molecule has 2 heterocycles. The number of imidazole rings is 1. The van der Waals surface area contributed by atoms with Crippen LogP contribution in [0.25, 0.3) is 28.3 Å². The second-order valence-electron chi connectivity index (χ2n) is 9.59. The third-order valence-corrected chi connectivity index (χ3v) is 8.82. The van der Waals surface area contributed by atoms with Crippen molar-refractivity contribution in [3.63, 3.8) is 0 Å². The number of aryl methyl sites for hydroxylation is 1. The minimum atomic E-state index is -3.25. The second kappa shape index (κ2) is 13.5. The lowest BCUT2D eigenvalue weighted by molar-refractivity contribution is -0.116. The second-order valence-corrected chi connectivity index (χ2v) is 12.1. The van der Waals surface area contributed by atoms with E-state index < -0.39 is 7.60 Å². The number of nitrogens with zero attached hydrogens (tertiary/aromatic N) is 3. The molecule has 0 aliphatic rings. The van der Waals surface area contributed by atoms with Gasteiger partial charge in [0.2, 0.25) is 5.91 Å². The van der Waals surface area contributed by atoms with Gasteiger partial charge in [-0.25, -0.2) is 4.98 Å². The van der Waals surface area contributed by atoms with E-state index in [0.29, 0.717) is 54.2 Å². The molecule has 0 atom stereocenters. The largest absolute Gasteiger partial charge is 0.427 e. The lowest BCUT2D eigenvalue weighted by Gasteiger charge is -2.17. The van der Waals surface area contributed by atoms with E-state index in [1.807, 2.05) is 59.2 Å². The first kappa shape index (κ1) is 29.7. The monoisotopic (exact) mass is 606 g/mol. The van der Waals surface area contributed by atoms with Crippen LogP contribution in [0.5, 0.6) is 0 Å². The third-order valence-electron chi connectivity index (χ3n) is 6.51. The Bertz CT molecular complexity index is 1710. The number of rotatable bonds is 13. The molecule has 5 rings (SSSR count). The number of hydrogen-bond acceptors (Lipinski definition) is 7. The number of fused-ring (bicyclic) bond motifs is 1. The average Bonchev–Trinajstić information content (AvgIpc) is 3.58. The van der Waals surface area contributed by atoms with Crippen molar-refractivity contribution in [1.82, 2.24) is 14.5 Å². The number of carbonyl (C=O) groups excluding carboxylic acids is 1. The van der Waals surface area contributed by atoms with E-state index in [1.165, 1.54) is 0 Å². The summed E-state index contributed by atoms with van der Waals surface area (Å²) in [7, 11) is -3.25. The number of halogens is 1. The fraction of sp³-hybridized carbons (Fsp3) is 0.258. The minimum Gasteiger partial charge on any atom is -0.427 e. The molecule has 1 N–H and O–H groups in total. The van der Waals surface area contributed by atoms with E-state index >= 15 is 0 Å². The maximum absolute atomic E-state index is 12.9. The quantitative estimate of drug-likeness (QED) is 0.135. The van der Waals surface area contributed by atoms with Crippen LogP contribution in [0.2, 0.25) is 5.02 Å². The first-order chi connectivity index (χ1) is 20.4. The van der Waals surface area contributed by atoms with Crippen LogP contribution < -0.4 is 5.32 Å². The maximum atomic E-state index is 12.9. The molecule has 42 heavy (non-hydrogen) atoms. The predicted molar refractivity (Wildman–Crippen MR) is 164 cm³/mol. The minimum absolute atomic E-state index is 0.131. The Hall–Kier alpha value is -3.75. The highest BCUT2D eigenvalue weighted by molar-refractivity contribution is 7.53. The highest BCUT2D eigenvalue weighted by Gasteiger charge is 2.24. The van der Waals surface area contributed by atoms with Crippen molar-refractivity contribution in [3.05, 3.63) is 95.5 Å². The fourth-order valence-electron chi connectivity index (χ4n) is 4.68. The van der Waals surface area contributed by atoms with Crippen LogP contribution in [0.15, 0.2) is 83.5 Å². The van der Waals surface area contributed by atoms with Gasteiger partial charge in [-0.3, -0.25) is 13.9 Å². The van der Waals surface area contributed by atoms with Crippen molar-refractivity contribution in [1.29, 1.82) is 0 Å². The normalized spacial score (nSPS) is 11.7. The van der Waals surface area contributed by atoms with E-state index in [9.17, 15) is 9.36 Å². The Labute approximate surface area is 249 Å².